The molecule has 2 nitrogen and oxygen atoms in total. The number of H-pyrrole nitrogens is 1. The zero-order chi connectivity index (χ0) is 17.3. The molecule has 2 aromatic carbocycles. The van der Waals surface area contributed by atoms with Crippen LogP contribution in [0.15, 0.2) is 47.9 Å². The maximum atomic E-state index is 13.1. The van der Waals surface area contributed by atoms with Gasteiger partial charge in [-0.1, -0.05) is 37.8 Å². The van der Waals surface area contributed by atoms with E-state index in [9.17, 15) is 13.2 Å². The number of aromatic nitrogens is 2. The lowest BCUT2D eigenvalue weighted by atomic mass is 10.1. The Kier molecular flexibility index (Phi) is 4.41. The Morgan fingerprint density at radius 2 is 2.00 bits per heavy atom. The van der Waals surface area contributed by atoms with Crippen molar-refractivity contribution in [3.63, 3.8) is 0 Å². The Morgan fingerprint density at radius 1 is 1.25 bits per heavy atom. The second-order valence-corrected chi connectivity index (χ2v) is 6.48. The van der Waals surface area contributed by atoms with Crippen LogP contribution < -0.4 is 0 Å². The summed E-state index contributed by atoms with van der Waals surface area (Å²) >= 11 is 1.66. The standard InChI is InChI=1S/C18H15F3N2S/c1-3-11-9-12(18(19,20)21)10-14-16(11)23-17(22-14)13-7-5-6-8-15(13)24-4-2/h3,5-10H,1,4H2,2H3,(H,22,23). The van der Waals surface area contributed by atoms with Gasteiger partial charge in [0.1, 0.15) is 5.82 Å². The fourth-order valence-corrected chi connectivity index (χ4v) is 3.34. The SMILES string of the molecule is C=Cc1cc(C(F)(F)F)cc2nc(-c3ccccc3SCC)[nH]c12. The van der Waals surface area contributed by atoms with Gasteiger partial charge >= 0.3 is 6.18 Å². The second kappa shape index (κ2) is 6.36. The topological polar surface area (TPSA) is 28.7 Å². The first-order valence-corrected chi connectivity index (χ1v) is 8.38. The molecule has 0 spiro atoms. The van der Waals surface area contributed by atoms with E-state index in [1.807, 2.05) is 31.2 Å². The third-order valence-corrected chi connectivity index (χ3v) is 4.57. The Bertz CT molecular complexity index is 897. The predicted molar refractivity (Wildman–Crippen MR) is 93.0 cm³/mol. The molecule has 0 aliphatic rings. The van der Waals surface area contributed by atoms with Gasteiger partial charge in [-0.3, -0.25) is 0 Å². The highest BCUT2D eigenvalue weighted by Gasteiger charge is 2.31. The number of nitrogens with zero attached hydrogens (tertiary/aromatic N) is 1. The quantitative estimate of drug-likeness (QED) is 0.586. The third-order valence-electron chi connectivity index (χ3n) is 3.61. The summed E-state index contributed by atoms with van der Waals surface area (Å²) in [6, 6.07) is 9.86. The zero-order valence-electron chi connectivity index (χ0n) is 12.9. The molecule has 1 aromatic heterocycles. The average Bonchev–Trinajstić information content (AvgIpc) is 2.97. The molecule has 3 aromatic rings. The molecule has 0 aliphatic heterocycles. The van der Waals surface area contributed by atoms with Crippen LogP contribution in [0.4, 0.5) is 13.2 Å². The number of hydrogen-bond donors (Lipinski definition) is 1. The molecule has 24 heavy (non-hydrogen) atoms. The molecule has 3 rings (SSSR count). The molecule has 0 bridgehead atoms. The minimum atomic E-state index is -4.42. The van der Waals surface area contributed by atoms with Gasteiger partial charge in [-0.05, 0) is 24.0 Å². The van der Waals surface area contributed by atoms with Crippen LogP contribution in [0.25, 0.3) is 28.5 Å². The van der Waals surface area contributed by atoms with E-state index in [2.05, 4.69) is 16.5 Å². The van der Waals surface area contributed by atoms with Crippen molar-refractivity contribution in [3.8, 4) is 11.4 Å². The van der Waals surface area contributed by atoms with E-state index in [1.54, 1.807) is 11.8 Å². The maximum Gasteiger partial charge on any atom is 0.416 e. The van der Waals surface area contributed by atoms with E-state index in [-0.39, 0.29) is 5.52 Å². The van der Waals surface area contributed by atoms with Crippen LogP contribution in [0.2, 0.25) is 0 Å². The highest BCUT2D eigenvalue weighted by atomic mass is 32.2. The minimum Gasteiger partial charge on any atom is -0.337 e. The van der Waals surface area contributed by atoms with Gasteiger partial charge in [0.25, 0.3) is 0 Å². The van der Waals surface area contributed by atoms with E-state index >= 15 is 0 Å². The van der Waals surface area contributed by atoms with E-state index < -0.39 is 11.7 Å². The Hall–Kier alpha value is -2.21. The summed E-state index contributed by atoms with van der Waals surface area (Å²) in [6.07, 6.45) is -3.01. The molecule has 0 aliphatic carbocycles. The van der Waals surface area contributed by atoms with Crippen LogP contribution >= 0.6 is 11.8 Å². The summed E-state index contributed by atoms with van der Waals surface area (Å²) < 4.78 is 39.2. The van der Waals surface area contributed by atoms with Crippen molar-refractivity contribution in [2.24, 2.45) is 0 Å². The molecule has 1 heterocycles. The van der Waals surface area contributed by atoms with Crippen molar-refractivity contribution >= 4 is 28.9 Å². The Balaban J connectivity index is 2.20. The molecule has 0 unspecified atom stereocenters. The smallest absolute Gasteiger partial charge is 0.337 e. The molecule has 0 saturated carbocycles. The van der Waals surface area contributed by atoms with Crippen molar-refractivity contribution in [1.82, 2.24) is 9.97 Å². The number of benzene rings is 2. The number of halogens is 3. The van der Waals surface area contributed by atoms with Crippen molar-refractivity contribution in [3.05, 3.63) is 54.1 Å². The Labute approximate surface area is 141 Å². The summed E-state index contributed by atoms with van der Waals surface area (Å²) in [6.45, 7) is 5.66. The first-order chi connectivity index (χ1) is 11.4. The minimum absolute atomic E-state index is 0.283. The first-order valence-electron chi connectivity index (χ1n) is 7.39. The van der Waals surface area contributed by atoms with E-state index in [4.69, 9.17) is 0 Å². The van der Waals surface area contributed by atoms with Gasteiger partial charge in [-0.2, -0.15) is 13.2 Å². The lowest BCUT2D eigenvalue weighted by Gasteiger charge is -2.07. The molecule has 0 saturated heterocycles. The van der Waals surface area contributed by atoms with E-state index in [0.29, 0.717) is 16.9 Å². The molecule has 0 fully saturated rings. The van der Waals surface area contributed by atoms with Gasteiger partial charge in [0.05, 0.1) is 16.6 Å². The summed E-state index contributed by atoms with van der Waals surface area (Å²) in [4.78, 5) is 8.58. The van der Waals surface area contributed by atoms with Gasteiger partial charge in [0.15, 0.2) is 0 Å². The maximum absolute atomic E-state index is 13.1. The number of imidazole rings is 1. The lowest BCUT2D eigenvalue weighted by Crippen LogP contribution is -2.05. The van der Waals surface area contributed by atoms with Crippen LogP contribution in [0.5, 0.6) is 0 Å². The molecular formula is C18H15F3N2S. The molecule has 1 N–H and O–H groups in total. The number of aromatic amines is 1. The number of thioether (sulfide) groups is 1. The lowest BCUT2D eigenvalue weighted by molar-refractivity contribution is -0.137. The number of rotatable bonds is 4. The first kappa shape index (κ1) is 16.6. The normalized spacial score (nSPS) is 11.8. The summed E-state index contributed by atoms with van der Waals surface area (Å²) in [7, 11) is 0. The third kappa shape index (κ3) is 3.06. The van der Waals surface area contributed by atoms with Crippen LogP contribution in [0, 0.1) is 0 Å². The monoisotopic (exact) mass is 348 g/mol. The molecular weight excluding hydrogens is 333 g/mol. The van der Waals surface area contributed by atoms with Crippen molar-refractivity contribution in [1.29, 1.82) is 0 Å². The number of hydrogen-bond acceptors (Lipinski definition) is 2. The number of fused-ring (bicyclic) bond motifs is 1. The number of nitrogens with one attached hydrogen (secondary N) is 1. The van der Waals surface area contributed by atoms with Crippen LogP contribution in [0.1, 0.15) is 18.1 Å². The number of alkyl halides is 3. The highest BCUT2D eigenvalue weighted by Crippen LogP contribution is 2.35. The largest absolute Gasteiger partial charge is 0.416 e. The van der Waals surface area contributed by atoms with Gasteiger partial charge in [-0.25, -0.2) is 4.98 Å². The van der Waals surface area contributed by atoms with Gasteiger partial charge in [0.2, 0.25) is 0 Å². The molecule has 124 valence electrons. The van der Waals surface area contributed by atoms with E-state index in [1.165, 1.54) is 6.08 Å². The summed E-state index contributed by atoms with van der Waals surface area (Å²) in [5, 5.41) is 0. The van der Waals surface area contributed by atoms with Gasteiger partial charge < -0.3 is 4.98 Å². The van der Waals surface area contributed by atoms with Gasteiger partial charge in [-0.15, -0.1) is 11.8 Å². The summed E-state index contributed by atoms with van der Waals surface area (Å²) in [5.74, 6) is 1.46. The zero-order valence-corrected chi connectivity index (χ0v) is 13.8. The highest BCUT2D eigenvalue weighted by molar-refractivity contribution is 7.99. The molecule has 0 atom stereocenters. The van der Waals surface area contributed by atoms with Crippen molar-refractivity contribution < 1.29 is 13.2 Å². The molecule has 0 amide bonds. The van der Waals surface area contributed by atoms with Gasteiger partial charge in [0, 0.05) is 16.0 Å². The second-order valence-electron chi connectivity index (χ2n) is 5.18. The molecule has 0 radical (unpaired) electrons. The van der Waals surface area contributed by atoms with Crippen LogP contribution in [0.3, 0.4) is 0 Å². The predicted octanol–water partition coefficient (Wildman–Crippen LogP) is 6.00. The van der Waals surface area contributed by atoms with Crippen molar-refractivity contribution in [2.45, 2.75) is 18.0 Å². The van der Waals surface area contributed by atoms with Crippen LogP contribution in [-0.4, -0.2) is 15.7 Å². The summed E-state index contributed by atoms with van der Waals surface area (Å²) in [5.41, 5.74) is 1.39. The average molecular weight is 348 g/mol. The fourth-order valence-electron chi connectivity index (χ4n) is 2.54. The Morgan fingerprint density at radius 3 is 2.67 bits per heavy atom. The van der Waals surface area contributed by atoms with Crippen molar-refractivity contribution in [2.75, 3.05) is 5.75 Å². The fraction of sp³-hybridized carbons (Fsp3) is 0.167. The van der Waals surface area contributed by atoms with Crippen LogP contribution in [-0.2, 0) is 6.18 Å². The van der Waals surface area contributed by atoms with E-state index in [0.717, 1.165) is 28.3 Å². The molecule has 6 heteroatoms.